The number of piperidine rings is 1. The molecule has 0 spiro atoms. The van der Waals surface area contributed by atoms with Gasteiger partial charge in [0.15, 0.2) is 6.29 Å². The SMILES string of the molecule is O=C(NOC1CCCCO1)C1CCN(S(=O)(=O)c2cccnc2)CC1. The highest BCUT2D eigenvalue weighted by Gasteiger charge is 2.32. The van der Waals surface area contributed by atoms with Crippen molar-refractivity contribution in [1.29, 1.82) is 0 Å². The number of pyridine rings is 1. The maximum atomic E-state index is 12.5. The first-order chi connectivity index (χ1) is 12.1. The van der Waals surface area contributed by atoms with E-state index >= 15 is 0 Å². The van der Waals surface area contributed by atoms with Crippen LogP contribution in [-0.4, -0.2) is 49.6 Å². The number of aromatic nitrogens is 1. The third-order valence-corrected chi connectivity index (χ3v) is 6.41. The van der Waals surface area contributed by atoms with Crippen molar-refractivity contribution in [3.8, 4) is 0 Å². The molecule has 3 rings (SSSR count). The normalized spacial score (nSPS) is 23.3. The Bertz CT molecular complexity index is 668. The van der Waals surface area contributed by atoms with Crippen molar-refractivity contribution in [2.24, 2.45) is 5.92 Å². The summed E-state index contributed by atoms with van der Waals surface area (Å²) in [6.07, 6.45) is 6.20. The molecule has 8 nitrogen and oxygen atoms in total. The van der Waals surface area contributed by atoms with Gasteiger partial charge in [0.1, 0.15) is 4.90 Å². The van der Waals surface area contributed by atoms with Crippen molar-refractivity contribution in [3.63, 3.8) is 0 Å². The second kappa shape index (κ2) is 8.22. The summed E-state index contributed by atoms with van der Waals surface area (Å²) in [5.74, 6) is -0.475. The monoisotopic (exact) mass is 369 g/mol. The molecule has 0 saturated carbocycles. The lowest BCUT2D eigenvalue weighted by molar-refractivity contribution is -0.202. The third-order valence-electron chi connectivity index (χ3n) is 4.53. The Morgan fingerprint density at radius 1 is 1.28 bits per heavy atom. The first-order valence-electron chi connectivity index (χ1n) is 8.54. The van der Waals surface area contributed by atoms with Crippen LogP contribution in [0.1, 0.15) is 32.1 Å². The number of rotatable bonds is 5. The topological polar surface area (TPSA) is 97.8 Å². The summed E-state index contributed by atoms with van der Waals surface area (Å²) >= 11 is 0. The largest absolute Gasteiger partial charge is 0.350 e. The molecule has 1 amide bonds. The summed E-state index contributed by atoms with van der Waals surface area (Å²) in [7, 11) is -3.55. The fraction of sp³-hybridized carbons (Fsp3) is 0.625. The molecule has 1 N–H and O–H groups in total. The number of carbonyl (C=O) groups is 1. The number of nitrogens with zero attached hydrogens (tertiary/aromatic N) is 2. The molecule has 25 heavy (non-hydrogen) atoms. The van der Waals surface area contributed by atoms with Crippen molar-refractivity contribution in [2.45, 2.75) is 43.3 Å². The quantitative estimate of drug-likeness (QED) is 0.780. The fourth-order valence-corrected chi connectivity index (χ4v) is 4.45. The lowest BCUT2D eigenvalue weighted by Gasteiger charge is -2.30. The zero-order chi connectivity index (χ0) is 17.7. The summed E-state index contributed by atoms with van der Waals surface area (Å²) in [6, 6.07) is 3.12. The summed E-state index contributed by atoms with van der Waals surface area (Å²) in [6.45, 7) is 1.25. The molecule has 1 aromatic heterocycles. The van der Waals surface area contributed by atoms with Gasteiger partial charge in [-0.2, -0.15) is 4.31 Å². The highest BCUT2D eigenvalue weighted by molar-refractivity contribution is 7.89. The summed E-state index contributed by atoms with van der Waals surface area (Å²) in [5, 5.41) is 0. The molecule has 0 bridgehead atoms. The smallest absolute Gasteiger partial charge is 0.246 e. The molecule has 1 atom stereocenters. The van der Waals surface area contributed by atoms with Crippen LogP contribution < -0.4 is 5.48 Å². The first-order valence-corrected chi connectivity index (χ1v) is 9.98. The van der Waals surface area contributed by atoms with E-state index in [-0.39, 0.29) is 23.0 Å². The van der Waals surface area contributed by atoms with Crippen LogP contribution in [0, 0.1) is 5.92 Å². The van der Waals surface area contributed by atoms with E-state index < -0.39 is 10.0 Å². The van der Waals surface area contributed by atoms with Gasteiger partial charge in [0, 0.05) is 44.4 Å². The number of carbonyl (C=O) groups excluding carboxylic acids is 1. The van der Waals surface area contributed by atoms with Crippen molar-refractivity contribution in [3.05, 3.63) is 24.5 Å². The lowest BCUT2D eigenvalue weighted by Crippen LogP contribution is -2.44. The van der Waals surface area contributed by atoms with Gasteiger partial charge in [-0.3, -0.25) is 9.78 Å². The first kappa shape index (κ1) is 18.2. The molecule has 2 saturated heterocycles. The predicted octanol–water partition coefficient (Wildman–Crippen LogP) is 1.06. The van der Waals surface area contributed by atoms with E-state index in [4.69, 9.17) is 9.57 Å². The second-order valence-corrected chi connectivity index (χ2v) is 8.19. The third kappa shape index (κ3) is 4.55. The summed E-state index contributed by atoms with van der Waals surface area (Å²) in [5.41, 5.74) is 2.47. The van der Waals surface area contributed by atoms with Gasteiger partial charge in [0.25, 0.3) is 0 Å². The number of amides is 1. The average Bonchev–Trinajstić information content (AvgIpc) is 2.68. The Morgan fingerprint density at radius 2 is 2.08 bits per heavy atom. The molecule has 2 aliphatic heterocycles. The van der Waals surface area contributed by atoms with E-state index in [1.165, 1.54) is 22.8 Å². The second-order valence-electron chi connectivity index (χ2n) is 6.25. The number of hydroxylamine groups is 1. The molecule has 3 heterocycles. The van der Waals surface area contributed by atoms with Crippen LogP contribution >= 0.6 is 0 Å². The minimum absolute atomic E-state index is 0.177. The van der Waals surface area contributed by atoms with Crippen molar-refractivity contribution < 1.29 is 22.8 Å². The van der Waals surface area contributed by atoms with Crippen LogP contribution in [0.15, 0.2) is 29.4 Å². The average molecular weight is 369 g/mol. The number of hydrogen-bond donors (Lipinski definition) is 1. The number of sulfonamides is 1. The van der Waals surface area contributed by atoms with E-state index in [0.29, 0.717) is 32.5 Å². The molecule has 138 valence electrons. The van der Waals surface area contributed by atoms with Crippen molar-refractivity contribution >= 4 is 15.9 Å². The van der Waals surface area contributed by atoms with Gasteiger partial charge >= 0.3 is 0 Å². The highest BCUT2D eigenvalue weighted by Crippen LogP contribution is 2.23. The van der Waals surface area contributed by atoms with E-state index in [0.717, 1.165) is 19.3 Å². The molecule has 0 aliphatic carbocycles. The van der Waals surface area contributed by atoms with Gasteiger partial charge in [-0.1, -0.05) is 0 Å². The number of ether oxygens (including phenoxy) is 1. The Kier molecular flexibility index (Phi) is 6.00. The van der Waals surface area contributed by atoms with E-state index in [1.54, 1.807) is 6.07 Å². The summed E-state index contributed by atoms with van der Waals surface area (Å²) in [4.78, 5) is 21.5. The van der Waals surface area contributed by atoms with E-state index in [9.17, 15) is 13.2 Å². The Hall–Kier alpha value is -1.55. The fourth-order valence-electron chi connectivity index (χ4n) is 3.02. The molecular weight excluding hydrogens is 346 g/mol. The minimum Gasteiger partial charge on any atom is -0.350 e. The molecule has 2 fully saturated rings. The van der Waals surface area contributed by atoms with E-state index in [2.05, 4.69) is 10.5 Å². The molecule has 0 radical (unpaired) electrons. The zero-order valence-corrected chi connectivity index (χ0v) is 14.8. The van der Waals surface area contributed by atoms with Gasteiger partial charge in [0.2, 0.25) is 15.9 Å². The van der Waals surface area contributed by atoms with Crippen LogP contribution in [-0.2, 0) is 24.4 Å². The van der Waals surface area contributed by atoms with Crippen LogP contribution in [0.2, 0.25) is 0 Å². The van der Waals surface area contributed by atoms with Gasteiger partial charge < -0.3 is 4.74 Å². The Balaban J connectivity index is 1.49. The molecule has 2 aliphatic rings. The highest BCUT2D eigenvalue weighted by atomic mass is 32.2. The van der Waals surface area contributed by atoms with Crippen LogP contribution in [0.3, 0.4) is 0 Å². The van der Waals surface area contributed by atoms with Gasteiger partial charge in [-0.05, 0) is 37.8 Å². The molecule has 9 heteroatoms. The standard InChI is InChI=1S/C16H23N3O5S/c20-16(18-24-15-5-1-2-11-23-15)13-6-9-19(10-7-13)25(21,22)14-4-3-8-17-12-14/h3-4,8,12-13,15H,1-2,5-7,9-11H2,(H,18,20). The molecule has 0 aromatic carbocycles. The van der Waals surface area contributed by atoms with Crippen molar-refractivity contribution in [1.82, 2.24) is 14.8 Å². The molecule has 1 aromatic rings. The van der Waals surface area contributed by atoms with Gasteiger partial charge in [-0.25, -0.2) is 18.7 Å². The summed E-state index contributed by atoms with van der Waals surface area (Å²) < 4.78 is 31.9. The van der Waals surface area contributed by atoms with Gasteiger partial charge in [0.05, 0.1) is 0 Å². The Morgan fingerprint density at radius 3 is 2.72 bits per heavy atom. The van der Waals surface area contributed by atoms with E-state index in [1.807, 2.05) is 0 Å². The Labute approximate surface area is 147 Å². The lowest BCUT2D eigenvalue weighted by atomic mass is 9.98. The minimum atomic E-state index is -3.55. The maximum absolute atomic E-state index is 12.5. The van der Waals surface area contributed by atoms with Crippen LogP contribution in [0.4, 0.5) is 0 Å². The molecular formula is C16H23N3O5S. The predicted molar refractivity (Wildman–Crippen MR) is 88.5 cm³/mol. The molecule has 1 unspecified atom stereocenters. The van der Waals surface area contributed by atoms with Crippen LogP contribution in [0.5, 0.6) is 0 Å². The van der Waals surface area contributed by atoms with Crippen LogP contribution in [0.25, 0.3) is 0 Å². The zero-order valence-electron chi connectivity index (χ0n) is 14.0. The number of hydrogen-bond acceptors (Lipinski definition) is 6. The van der Waals surface area contributed by atoms with Gasteiger partial charge in [-0.15, -0.1) is 0 Å². The van der Waals surface area contributed by atoms with Crippen molar-refractivity contribution in [2.75, 3.05) is 19.7 Å². The maximum Gasteiger partial charge on any atom is 0.246 e. The number of nitrogens with one attached hydrogen (secondary N) is 1.